The maximum atomic E-state index is 4.88. The molecule has 1 aromatic carbocycles. The van der Waals surface area contributed by atoms with Crippen LogP contribution in [-0.4, -0.2) is 18.2 Å². The van der Waals surface area contributed by atoms with Gasteiger partial charge in [-0.2, -0.15) is 11.2 Å². The molecule has 0 amide bonds. The maximum Gasteiger partial charge on any atom is 0.109 e. The SMILES string of the molecule is C[Si](C)(C)SC1CCC/C1=N/Cc1ccccc1. The van der Waals surface area contributed by atoms with Gasteiger partial charge >= 0.3 is 0 Å². The van der Waals surface area contributed by atoms with E-state index >= 15 is 0 Å². The van der Waals surface area contributed by atoms with Crippen LogP contribution in [0, 0.1) is 0 Å². The van der Waals surface area contributed by atoms with Gasteiger partial charge in [0.05, 0.1) is 6.54 Å². The molecule has 98 valence electrons. The zero-order chi connectivity index (χ0) is 13.0. The first-order chi connectivity index (χ1) is 8.54. The van der Waals surface area contributed by atoms with Crippen LogP contribution in [-0.2, 0) is 6.54 Å². The van der Waals surface area contributed by atoms with Gasteiger partial charge in [0.25, 0.3) is 0 Å². The quantitative estimate of drug-likeness (QED) is 0.724. The summed E-state index contributed by atoms with van der Waals surface area (Å²) in [6.45, 7) is 8.17. The van der Waals surface area contributed by atoms with E-state index in [0.717, 1.165) is 6.54 Å². The van der Waals surface area contributed by atoms with E-state index in [2.05, 4.69) is 61.2 Å². The van der Waals surface area contributed by atoms with E-state index in [1.165, 1.54) is 30.5 Å². The van der Waals surface area contributed by atoms with Gasteiger partial charge in [0.1, 0.15) is 7.22 Å². The highest BCUT2D eigenvalue weighted by atomic mass is 32.4. The van der Waals surface area contributed by atoms with Crippen LogP contribution in [0.4, 0.5) is 0 Å². The predicted molar refractivity (Wildman–Crippen MR) is 86.2 cm³/mol. The Balaban J connectivity index is 1.99. The summed E-state index contributed by atoms with van der Waals surface area (Å²) in [5.41, 5.74) is 2.79. The summed E-state index contributed by atoms with van der Waals surface area (Å²) in [4.78, 5) is 4.88. The maximum absolute atomic E-state index is 4.88. The fraction of sp³-hybridized carbons (Fsp3) is 0.533. The van der Waals surface area contributed by atoms with Crippen LogP contribution in [0.25, 0.3) is 0 Å². The summed E-state index contributed by atoms with van der Waals surface area (Å²) >= 11 is 2.22. The molecule has 1 saturated carbocycles. The van der Waals surface area contributed by atoms with Crippen molar-refractivity contribution in [2.24, 2.45) is 4.99 Å². The minimum atomic E-state index is -1.04. The minimum absolute atomic E-state index is 0.709. The van der Waals surface area contributed by atoms with E-state index < -0.39 is 7.22 Å². The molecule has 1 unspecified atom stereocenters. The predicted octanol–water partition coefficient (Wildman–Crippen LogP) is 4.75. The smallest absolute Gasteiger partial charge is 0.109 e. The molecule has 0 heterocycles. The van der Waals surface area contributed by atoms with Crippen LogP contribution in [0.5, 0.6) is 0 Å². The van der Waals surface area contributed by atoms with Gasteiger partial charge in [-0.25, -0.2) is 0 Å². The molecule has 1 nitrogen and oxygen atoms in total. The van der Waals surface area contributed by atoms with Gasteiger partial charge in [0.15, 0.2) is 0 Å². The monoisotopic (exact) mass is 277 g/mol. The van der Waals surface area contributed by atoms with Crippen LogP contribution in [0.15, 0.2) is 35.3 Å². The fourth-order valence-electron chi connectivity index (χ4n) is 2.31. The largest absolute Gasteiger partial charge is 0.288 e. The molecule has 0 radical (unpaired) electrons. The highest BCUT2D eigenvalue weighted by Crippen LogP contribution is 2.34. The van der Waals surface area contributed by atoms with Crippen molar-refractivity contribution >= 4 is 24.1 Å². The van der Waals surface area contributed by atoms with Gasteiger partial charge < -0.3 is 0 Å². The number of benzene rings is 1. The fourth-order valence-corrected chi connectivity index (χ4v) is 7.10. The molecule has 1 fully saturated rings. The van der Waals surface area contributed by atoms with E-state index in [1.807, 2.05) is 0 Å². The van der Waals surface area contributed by atoms with E-state index in [-0.39, 0.29) is 0 Å². The second-order valence-corrected chi connectivity index (χ2v) is 15.3. The second-order valence-electron chi connectivity index (χ2n) is 5.90. The van der Waals surface area contributed by atoms with Crippen LogP contribution in [0.2, 0.25) is 19.6 Å². The van der Waals surface area contributed by atoms with Crippen molar-refractivity contribution in [2.75, 3.05) is 0 Å². The summed E-state index contributed by atoms with van der Waals surface area (Å²) < 4.78 is 0. The Labute approximate surface area is 116 Å². The molecule has 18 heavy (non-hydrogen) atoms. The third-order valence-corrected chi connectivity index (χ3v) is 7.55. The molecule has 1 aliphatic carbocycles. The standard InChI is InChI=1S/C15H23NSSi/c1-18(2,3)17-15-11-7-10-14(15)16-12-13-8-5-4-6-9-13/h4-6,8-9,15H,7,10-12H2,1-3H3/b16-14-. The topological polar surface area (TPSA) is 12.4 Å². The van der Waals surface area contributed by atoms with E-state index in [1.54, 1.807) is 0 Å². The summed E-state index contributed by atoms with van der Waals surface area (Å²) in [6.07, 6.45) is 3.88. The van der Waals surface area contributed by atoms with Crippen molar-refractivity contribution in [3.05, 3.63) is 35.9 Å². The molecule has 3 heteroatoms. The molecule has 2 rings (SSSR count). The molecule has 0 bridgehead atoms. The lowest BCUT2D eigenvalue weighted by Crippen LogP contribution is -2.23. The highest BCUT2D eigenvalue weighted by molar-refractivity contribution is 8.29. The first-order valence-electron chi connectivity index (χ1n) is 6.79. The number of hydrogen-bond acceptors (Lipinski definition) is 2. The normalized spacial score (nSPS) is 22.6. The van der Waals surface area contributed by atoms with E-state index in [0.29, 0.717) is 5.25 Å². The molecule has 1 atom stereocenters. The van der Waals surface area contributed by atoms with Crippen LogP contribution < -0.4 is 0 Å². The Morgan fingerprint density at radius 1 is 1.22 bits per heavy atom. The molecule has 1 aromatic rings. The van der Waals surface area contributed by atoms with E-state index in [9.17, 15) is 0 Å². The molecule has 0 aromatic heterocycles. The Morgan fingerprint density at radius 2 is 1.94 bits per heavy atom. The van der Waals surface area contributed by atoms with Gasteiger partial charge in [0.2, 0.25) is 0 Å². The van der Waals surface area contributed by atoms with Crippen LogP contribution in [0.3, 0.4) is 0 Å². The van der Waals surface area contributed by atoms with Crippen molar-refractivity contribution in [3.63, 3.8) is 0 Å². The first-order valence-corrected chi connectivity index (χ1v) is 11.9. The lowest BCUT2D eigenvalue weighted by Gasteiger charge is -2.21. The van der Waals surface area contributed by atoms with Crippen molar-refractivity contribution in [1.82, 2.24) is 0 Å². The average molecular weight is 278 g/mol. The molecule has 0 spiro atoms. The van der Waals surface area contributed by atoms with E-state index in [4.69, 9.17) is 4.99 Å². The zero-order valence-electron chi connectivity index (χ0n) is 11.6. The van der Waals surface area contributed by atoms with Crippen molar-refractivity contribution in [1.29, 1.82) is 0 Å². The number of nitrogens with zero attached hydrogens (tertiary/aromatic N) is 1. The molecule has 1 aliphatic rings. The van der Waals surface area contributed by atoms with Gasteiger partial charge in [0, 0.05) is 11.0 Å². The van der Waals surface area contributed by atoms with Crippen LogP contribution in [0.1, 0.15) is 24.8 Å². The Morgan fingerprint density at radius 3 is 2.61 bits per heavy atom. The zero-order valence-corrected chi connectivity index (χ0v) is 13.5. The summed E-state index contributed by atoms with van der Waals surface area (Å²) in [5.74, 6) is 0. The second kappa shape index (κ2) is 6.07. The molecular weight excluding hydrogens is 254 g/mol. The Hall–Kier alpha value is -0.543. The number of rotatable bonds is 4. The van der Waals surface area contributed by atoms with Crippen molar-refractivity contribution in [3.8, 4) is 0 Å². The molecule has 0 aliphatic heterocycles. The van der Waals surface area contributed by atoms with Gasteiger partial charge in [-0.05, 0) is 24.8 Å². The lowest BCUT2D eigenvalue weighted by atomic mass is 10.2. The number of hydrogen-bond donors (Lipinski definition) is 0. The Kier molecular flexibility index (Phi) is 4.68. The third-order valence-electron chi connectivity index (χ3n) is 3.07. The highest BCUT2D eigenvalue weighted by Gasteiger charge is 2.28. The molecule has 0 N–H and O–H groups in total. The molecule has 0 saturated heterocycles. The molecular formula is C15H23NSSi. The first kappa shape index (κ1) is 13.9. The van der Waals surface area contributed by atoms with Gasteiger partial charge in [-0.15, -0.1) is 0 Å². The third kappa shape index (κ3) is 4.29. The average Bonchev–Trinajstić information content (AvgIpc) is 2.73. The van der Waals surface area contributed by atoms with Gasteiger partial charge in [-0.1, -0.05) is 50.0 Å². The summed E-state index contributed by atoms with van der Waals surface area (Å²) in [5, 5.41) is 0.709. The minimum Gasteiger partial charge on any atom is -0.288 e. The Bertz CT molecular complexity index is 408. The summed E-state index contributed by atoms with van der Waals surface area (Å²) in [6, 6.07) is 10.6. The van der Waals surface area contributed by atoms with Gasteiger partial charge in [-0.3, -0.25) is 4.99 Å². The van der Waals surface area contributed by atoms with Crippen LogP contribution >= 0.6 is 11.2 Å². The number of aliphatic imine (C=N–C) groups is 1. The van der Waals surface area contributed by atoms with Crippen molar-refractivity contribution < 1.29 is 0 Å². The summed E-state index contributed by atoms with van der Waals surface area (Å²) in [7, 11) is -1.04. The van der Waals surface area contributed by atoms with Crippen molar-refractivity contribution in [2.45, 2.75) is 50.7 Å². The lowest BCUT2D eigenvalue weighted by molar-refractivity contribution is 0.895.